The van der Waals surface area contributed by atoms with Crippen LogP contribution in [0.2, 0.25) is 0 Å². The van der Waals surface area contributed by atoms with E-state index < -0.39 is 0 Å². The molecule has 1 aliphatic heterocycles. The quantitative estimate of drug-likeness (QED) is 0.596. The predicted octanol–water partition coefficient (Wildman–Crippen LogP) is 3.60. The summed E-state index contributed by atoms with van der Waals surface area (Å²) in [5.74, 6) is 1.88. The zero-order chi connectivity index (χ0) is 18.0. The Hall–Kier alpha value is -2.95. The van der Waals surface area contributed by atoms with E-state index in [0.717, 1.165) is 17.0 Å². The minimum atomic E-state index is -0.303. The average Bonchev–Trinajstić information content (AvgIpc) is 2.66. The van der Waals surface area contributed by atoms with Crippen molar-refractivity contribution < 1.29 is 19.0 Å². The normalized spacial score (nSPS) is 19.2. The summed E-state index contributed by atoms with van der Waals surface area (Å²) in [5.41, 5.74) is 1.70. The molecule has 1 aliphatic rings. The third-order valence-corrected chi connectivity index (χ3v) is 4.50. The maximum atomic E-state index is 12.6. The second kappa shape index (κ2) is 6.89. The van der Waals surface area contributed by atoms with E-state index in [-0.39, 0.29) is 17.9 Å². The van der Waals surface area contributed by atoms with Crippen LogP contribution in [0.15, 0.2) is 55.1 Å². The van der Waals surface area contributed by atoms with E-state index in [1.54, 1.807) is 32.3 Å². The zero-order valence-electron chi connectivity index (χ0n) is 14.6. The molecule has 0 saturated carbocycles. The van der Waals surface area contributed by atoms with Gasteiger partial charge in [0, 0.05) is 11.3 Å². The maximum absolute atomic E-state index is 12.6. The van der Waals surface area contributed by atoms with Gasteiger partial charge in [-0.2, -0.15) is 0 Å². The van der Waals surface area contributed by atoms with Crippen molar-refractivity contribution >= 4 is 11.6 Å². The fourth-order valence-electron chi connectivity index (χ4n) is 3.17. The second-order valence-corrected chi connectivity index (χ2v) is 5.72. The highest BCUT2D eigenvalue weighted by Crippen LogP contribution is 2.47. The van der Waals surface area contributed by atoms with E-state index in [1.165, 1.54) is 0 Å². The van der Waals surface area contributed by atoms with Gasteiger partial charge in [-0.1, -0.05) is 6.08 Å². The molecule has 1 heterocycles. The van der Waals surface area contributed by atoms with Gasteiger partial charge in [0.05, 0.1) is 33.3 Å². The molecule has 0 bridgehead atoms. The van der Waals surface area contributed by atoms with Crippen LogP contribution in [0.25, 0.3) is 0 Å². The third-order valence-electron chi connectivity index (χ3n) is 4.50. The van der Waals surface area contributed by atoms with Crippen LogP contribution >= 0.6 is 0 Å². The van der Waals surface area contributed by atoms with Gasteiger partial charge in [0.1, 0.15) is 17.2 Å². The Morgan fingerprint density at radius 1 is 0.960 bits per heavy atom. The number of benzene rings is 2. The number of carbonyl (C=O) groups is 1. The Balaban J connectivity index is 2.04. The number of carbonyl (C=O) groups excluding carboxylic acids is 1. The van der Waals surface area contributed by atoms with Crippen molar-refractivity contribution in [2.45, 2.75) is 6.04 Å². The molecule has 0 radical (unpaired) electrons. The van der Waals surface area contributed by atoms with Crippen LogP contribution in [0.4, 0.5) is 5.69 Å². The van der Waals surface area contributed by atoms with Gasteiger partial charge in [-0.3, -0.25) is 4.79 Å². The molecule has 1 fully saturated rings. The molecule has 0 aliphatic carbocycles. The summed E-state index contributed by atoms with van der Waals surface area (Å²) >= 11 is 0. The van der Waals surface area contributed by atoms with Crippen molar-refractivity contribution in [3.05, 3.63) is 60.7 Å². The van der Waals surface area contributed by atoms with Crippen LogP contribution in [0.5, 0.6) is 17.2 Å². The smallest absolute Gasteiger partial charge is 0.236 e. The third kappa shape index (κ3) is 2.82. The molecule has 3 rings (SSSR count). The first-order valence-corrected chi connectivity index (χ1v) is 7.96. The molecule has 1 amide bonds. The van der Waals surface area contributed by atoms with Gasteiger partial charge in [0.2, 0.25) is 5.91 Å². The highest BCUT2D eigenvalue weighted by Gasteiger charge is 2.48. The monoisotopic (exact) mass is 339 g/mol. The van der Waals surface area contributed by atoms with E-state index >= 15 is 0 Å². The Morgan fingerprint density at radius 3 is 2.16 bits per heavy atom. The van der Waals surface area contributed by atoms with Crippen LogP contribution in [-0.2, 0) is 4.79 Å². The minimum absolute atomic E-state index is 0.00930. The number of methoxy groups -OCH3 is 3. The van der Waals surface area contributed by atoms with Gasteiger partial charge in [0.15, 0.2) is 0 Å². The van der Waals surface area contributed by atoms with Crippen LogP contribution < -0.4 is 19.1 Å². The molecule has 2 aromatic carbocycles. The number of ether oxygens (including phenoxy) is 3. The molecule has 2 aromatic rings. The van der Waals surface area contributed by atoms with Crippen molar-refractivity contribution in [1.29, 1.82) is 0 Å². The van der Waals surface area contributed by atoms with Crippen LogP contribution in [-0.4, -0.2) is 27.2 Å². The van der Waals surface area contributed by atoms with E-state index in [0.29, 0.717) is 11.5 Å². The lowest BCUT2D eigenvalue weighted by molar-refractivity contribution is -0.128. The number of nitrogens with zero attached hydrogens (tertiary/aromatic N) is 1. The number of rotatable bonds is 6. The van der Waals surface area contributed by atoms with Crippen LogP contribution in [0.1, 0.15) is 11.6 Å². The van der Waals surface area contributed by atoms with Gasteiger partial charge in [-0.25, -0.2) is 0 Å². The number of amides is 1. The fourth-order valence-corrected chi connectivity index (χ4v) is 3.17. The van der Waals surface area contributed by atoms with Gasteiger partial charge in [-0.15, -0.1) is 6.58 Å². The summed E-state index contributed by atoms with van der Waals surface area (Å²) in [6, 6.07) is 12.8. The van der Waals surface area contributed by atoms with Crippen LogP contribution in [0.3, 0.4) is 0 Å². The first-order chi connectivity index (χ1) is 12.1. The zero-order valence-corrected chi connectivity index (χ0v) is 14.6. The number of anilines is 1. The molecule has 25 heavy (non-hydrogen) atoms. The topological polar surface area (TPSA) is 48.0 Å². The molecular formula is C20H21NO4. The molecule has 0 unspecified atom stereocenters. The molecule has 2 atom stereocenters. The first kappa shape index (κ1) is 16.9. The first-order valence-electron chi connectivity index (χ1n) is 7.96. The molecule has 5 nitrogen and oxygen atoms in total. The largest absolute Gasteiger partial charge is 0.497 e. The summed E-state index contributed by atoms with van der Waals surface area (Å²) in [6.45, 7) is 3.82. The lowest BCUT2D eigenvalue weighted by Crippen LogP contribution is -2.54. The van der Waals surface area contributed by atoms with E-state index in [9.17, 15) is 4.79 Å². The number of hydrogen-bond acceptors (Lipinski definition) is 4. The molecular weight excluding hydrogens is 318 g/mol. The van der Waals surface area contributed by atoms with Gasteiger partial charge < -0.3 is 19.1 Å². The Bertz CT molecular complexity index is 785. The van der Waals surface area contributed by atoms with Crippen molar-refractivity contribution in [2.24, 2.45) is 5.92 Å². The lowest BCUT2D eigenvalue weighted by Gasteiger charge is -2.46. The molecule has 130 valence electrons. The molecule has 0 spiro atoms. The number of β-lactam (4-membered cyclic amide) rings is 1. The standard InChI is InChI=1S/C20H21NO4/c1-5-16-19(17-12-15(24-3)10-11-18(17)25-4)21(20(16)22)13-6-8-14(23-2)9-7-13/h5-12,16,19H,1H2,2-4H3/t16-,19+/m1/s1. The summed E-state index contributed by atoms with van der Waals surface area (Å²) in [7, 11) is 4.84. The molecule has 1 saturated heterocycles. The van der Waals surface area contributed by atoms with Crippen molar-refractivity contribution in [3.8, 4) is 17.2 Å². The van der Waals surface area contributed by atoms with E-state index in [1.807, 2.05) is 42.5 Å². The summed E-state index contributed by atoms with van der Waals surface area (Å²) in [6.07, 6.45) is 1.69. The van der Waals surface area contributed by atoms with Crippen molar-refractivity contribution in [1.82, 2.24) is 0 Å². The minimum Gasteiger partial charge on any atom is -0.497 e. The summed E-state index contributed by atoms with van der Waals surface area (Å²) in [4.78, 5) is 14.4. The Labute approximate surface area is 147 Å². The van der Waals surface area contributed by atoms with Crippen LogP contribution in [0, 0.1) is 5.92 Å². The van der Waals surface area contributed by atoms with E-state index in [4.69, 9.17) is 14.2 Å². The maximum Gasteiger partial charge on any atom is 0.236 e. The highest BCUT2D eigenvalue weighted by atomic mass is 16.5. The Morgan fingerprint density at radius 2 is 1.60 bits per heavy atom. The predicted molar refractivity (Wildman–Crippen MR) is 96.5 cm³/mol. The van der Waals surface area contributed by atoms with Crippen molar-refractivity contribution in [3.63, 3.8) is 0 Å². The number of hydrogen-bond donors (Lipinski definition) is 0. The van der Waals surface area contributed by atoms with Gasteiger partial charge in [0.25, 0.3) is 0 Å². The molecule has 5 heteroatoms. The summed E-state index contributed by atoms with van der Waals surface area (Å²) in [5, 5.41) is 0. The highest BCUT2D eigenvalue weighted by molar-refractivity contribution is 6.04. The van der Waals surface area contributed by atoms with Gasteiger partial charge in [-0.05, 0) is 42.5 Å². The van der Waals surface area contributed by atoms with E-state index in [2.05, 4.69) is 6.58 Å². The molecule has 0 N–H and O–H groups in total. The SMILES string of the molecule is C=C[C@H]1C(=O)N(c2ccc(OC)cc2)[C@@H]1c1cc(OC)ccc1OC. The molecule has 0 aromatic heterocycles. The lowest BCUT2D eigenvalue weighted by atomic mass is 9.81. The second-order valence-electron chi connectivity index (χ2n) is 5.72. The average molecular weight is 339 g/mol. The van der Waals surface area contributed by atoms with Gasteiger partial charge >= 0.3 is 0 Å². The van der Waals surface area contributed by atoms with Crippen molar-refractivity contribution in [2.75, 3.05) is 26.2 Å². The fraction of sp³-hybridized carbons (Fsp3) is 0.250. The summed E-state index contributed by atoms with van der Waals surface area (Å²) < 4.78 is 16.0. The Kier molecular flexibility index (Phi) is 4.65.